The van der Waals surface area contributed by atoms with Crippen molar-refractivity contribution in [3.05, 3.63) is 72.6 Å². The van der Waals surface area contributed by atoms with Crippen molar-refractivity contribution in [1.82, 2.24) is 0 Å². The van der Waals surface area contributed by atoms with Gasteiger partial charge >= 0.3 is 0 Å². The zero-order valence-corrected chi connectivity index (χ0v) is 10.8. The van der Waals surface area contributed by atoms with E-state index in [1.165, 1.54) is 5.56 Å². The normalized spacial score (nSPS) is 9.31. The molecule has 0 aliphatic carbocycles. The molecule has 1 nitrogen and oxygen atoms in total. The maximum Gasteiger partial charge on any atom is 0.210 e. The number of hydrogen-bond donors (Lipinski definition) is 0. The summed E-state index contributed by atoms with van der Waals surface area (Å²) in [6, 6.07) is 14.3. The van der Waals surface area contributed by atoms with Crippen LogP contribution in [-0.4, -0.2) is 0 Å². The molecule has 2 heteroatoms. The van der Waals surface area contributed by atoms with Crippen LogP contribution in [0.15, 0.2) is 61.4 Å². The minimum absolute atomic E-state index is 0. The van der Waals surface area contributed by atoms with Crippen LogP contribution >= 0.6 is 0 Å². The molecule has 0 amide bonds. The van der Waals surface area contributed by atoms with Gasteiger partial charge in [0.2, 0.25) is 5.70 Å². The second-order valence-corrected chi connectivity index (χ2v) is 3.60. The zero-order valence-electron chi connectivity index (χ0n) is 9.23. The molecule has 0 aliphatic rings. The summed E-state index contributed by atoms with van der Waals surface area (Å²) in [7, 11) is 0. The predicted octanol–water partition coefficient (Wildman–Crippen LogP) is -0.194. The number of pyridine rings is 1. The topological polar surface area (TPSA) is 3.88 Å². The van der Waals surface area contributed by atoms with Crippen LogP contribution in [0, 0.1) is 6.92 Å². The first-order valence-corrected chi connectivity index (χ1v) is 5.00. The Bertz CT molecular complexity index is 477. The van der Waals surface area contributed by atoms with Gasteiger partial charge in [0.05, 0.1) is 0 Å². The maximum atomic E-state index is 4.10. The smallest absolute Gasteiger partial charge is 0.210 e. The van der Waals surface area contributed by atoms with Gasteiger partial charge in [-0.25, -0.2) is 0 Å². The van der Waals surface area contributed by atoms with Crippen molar-refractivity contribution >= 4 is 5.70 Å². The van der Waals surface area contributed by atoms with Gasteiger partial charge in [0, 0.05) is 17.2 Å². The van der Waals surface area contributed by atoms with Crippen LogP contribution in [-0.2, 0) is 0 Å². The van der Waals surface area contributed by atoms with Gasteiger partial charge in [-0.2, -0.15) is 4.57 Å². The highest BCUT2D eigenvalue weighted by molar-refractivity contribution is 5.55. The molecule has 2 rings (SSSR count). The summed E-state index contributed by atoms with van der Waals surface area (Å²) in [5.74, 6) is 0. The van der Waals surface area contributed by atoms with E-state index in [1.54, 1.807) is 0 Å². The van der Waals surface area contributed by atoms with E-state index in [1.807, 2.05) is 35.0 Å². The molecule has 16 heavy (non-hydrogen) atoms. The number of rotatable bonds is 2. The third kappa shape index (κ3) is 2.80. The molecule has 1 aromatic carbocycles. The molecular weight excluding hydrogens is 262 g/mol. The average Bonchev–Trinajstić information content (AvgIpc) is 2.29. The van der Waals surface area contributed by atoms with E-state index >= 15 is 0 Å². The Balaban J connectivity index is 0.00000128. The summed E-state index contributed by atoms with van der Waals surface area (Å²) in [5, 5.41) is 0. The lowest BCUT2D eigenvalue weighted by Gasteiger charge is -2.00. The first-order valence-electron chi connectivity index (χ1n) is 5.00. The first kappa shape index (κ1) is 12.7. The first-order chi connectivity index (χ1) is 7.27. The molecule has 0 radical (unpaired) electrons. The highest BCUT2D eigenvalue weighted by Gasteiger charge is 2.08. The standard InChI is InChI=1S/C14H14N.BrH/c1-12-7-6-10-15(11-12)13(2)14-8-4-3-5-9-14;/h3-11H,2H2,1H3;1H/q+1;/p-1. The fourth-order valence-electron chi connectivity index (χ4n) is 1.54. The lowest BCUT2D eigenvalue weighted by Crippen LogP contribution is -3.00. The fourth-order valence-corrected chi connectivity index (χ4v) is 1.54. The van der Waals surface area contributed by atoms with E-state index in [4.69, 9.17) is 0 Å². The van der Waals surface area contributed by atoms with Crippen molar-refractivity contribution in [3.63, 3.8) is 0 Å². The fraction of sp³-hybridized carbons (Fsp3) is 0.0714. The third-order valence-electron chi connectivity index (χ3n) is 2.37. The van der Waals surface area contributed by atoms with Crippen LogP contribution in [0.4, 0.5) is 0 Å². The van der Waals surface area contributed by atoms with Crippen LogP contribution in [0.3, 0.4) is 0 Å². The molecule has 0 atom stereocenters. The van der Waals surface area contributed by atoms with E-state index < -0.39 is 0 Å². The van der Waals surface area contributed by atoms with E-state index in [9.17, 15) is 0 Å². The Labute approximate surface area is 107 Å². The lowest BCUT2D eigenvalue weighted by atomic mass is 10.1. The van der Waals surface area contributed by atoms with Crippen molar-refractivity contribution in [2.75, 3.05) is 0 Å². The van der Waals surface area contributed by atoms with Crippen molar-refractivity contribution in [1.29, 1.82) is 0 Å². The van der Waals surface area contributed by atoms with E-state index in [0.29, 0.717) is 0 Å². The minimum Gasteiger partial charge on any atom is -1.00 e. The molecule has 0 saturated heterocycles. The molecule has 0 saturated carbocycles. The van der Waals surface area contributed by atoms with Crippen LogP contribution < -0.4 is 21.5 Å². The second kappa shape index (κ2) is 5.61. The van der Waals surface area contributed by atoms with Gasteiger partial charge in [-0.05, 0) is 31.7 Å². The number of halogens is 1. The van der Waals surface area contributed by atoms with E-state index in [2.05, 4.69) is 37.9 Å². The van der Waals surface area contributed by atoms with Crippen molar-refractivity contribution in [2.45, 2.75) is 6.92 Å². The summed E-state index contributed by atoms with van der Waals surface area (Å²) < 4.78 is 2.05. The van der Waals surface area contributed by atoms with Gasteiger partial charge in [0.25, 0.3) is 0 Å². The SMILES string of the molecule is C=C(c1ccccc1)[n+]1cccc(C)c1.[Br-]. The van der Waals surface area contributed by atoms with Crippen molar-refractivity contribution in [3.8, 4) is 0 Å². The highest BCUT2D eigenvalue weighted by Crippen LogP contribution is 2.07. The molecule has 82 valence electrons. The summed E-state index contributed by atoms with van der Waals surface area (Å²) >= 11 is 0. The Hall–Kier alpha value is -1.41. The second-order valence-electron chi connectivity index (χ2n) is 3.60. The molecule has 0 N–H and O–H groups in total. The molecular formula is C14H14BrN. The quantitative estimate of drug-likeness (QED) is 0.669. The molecule has 1 aromatic heterocycles. The monoisotopic (exact) mass is 275 g/mol. The summed E-state index contributed by atoms with van der Waals surface area (Å²) in [4.78, 5) is 0. The molecule has 0 unspecified atom stereocenters. The Kier molecular flexibility index (Phi) is 4.44. The molecule has 0 spiro atoms. The van der Waals surface area contributed by atoms with Crippen LogP contribution in [0.2, 0.25) is 0 Å². The van der Waals surface area contributed by atoms with Gasteiger partial charge < -0.3 is 17.0 Å². The summed E-state index contributed by atoms with van der Waals surface area (Å²) in [6.45, 7) is 6.18. The van der Waals surface area contributed by atoms with Gasteiger partial charge in [0.1, 0.15) is 0 Å². The molecule has 0 bridgehead atoms. The lowest BCUT2D eigenvalue weighted by molar-refractivity contribution is -0.579. The largest absolute Gasteiger partial charge is 1.00 e. The van der Waals surface area contributed by atoms with Crippen LogP contribution in [0.25, 0.3) is 5.70 Å². The zero-order chi connectivity index (χ0) is 10.7. The number of aromatic nitrogens is 1. The minimum atomic E-state index is 0. The summed E-state index contributed by atoms with van der Waals surface area (Å²) in [5.41, 5.74) is 3.38. The molecule has 1 heterocycles. The van der Waals surface area contributed by atoms with Crippen LogP contribution in [0.1, 0.15) is 11.1 Å². The Morgan fingerprint density at radius 2 is 1.75 bits per heavy atom. The third-order valence-corrected chi connectivity index (χ3v) is 2.37. The van der Waals surface area contributed by atoms with Crippen molar-refractivity contribution in [2.24, 2.45) is 0 Å². The van der Waals surface area contributed by atoms with Gasteiger partial charge in [-0.15, -0.1) is 0 Å². The Morgan fingerprint density at radius 3 is 2.38 bits per heavy atom. The Morgan fingerprint density at radius 1 is 1.06 bits per heavy atom. The predicted molar refractivity (Wildman–Crippen MR) is 62.2 cm³/mol. The summed E-state index contributed by atoms with van der Waals surface area (Å²) in [6.07, 6.45) is 4.09. The van der Waals surface area contributed by atoms with Crippen LogP contribution in [0.5, 0.6) is 0 Å². The number of benzene rings is 1. The van der Waals surface area contributed by atoms with E-state index in [0.717, 1.165) is 11.3 Å². The van der Waals surface area contributed by atoms with Gasteiger partial charge in [-0.3, -0.25) is 0 Å². The molecule has 2 aromatic rings. The number of hydrogen-bond acceptors (Lipinski definition) is 0. The average molecular weight is 276 g/mol. The van der Waals surface area contributed by atoms with Crippen molar-refractivity contribution < 1.29 is 21.5 Å². The van der Waals surface area contributed by atoms with Gasteiger partial charge in [-0.1, -0.05) is 18.2 Å². The number of nitrogens with zero attached hydrogens (tertiary/aromatic N) is 1. The molecule has 0 aliphatic heterocycles. The molecule has 0 fully saturated rings. The number of aryl methyl sites for hydroxylation is 1. The maximum absolute atomic E-state index is 4.10. The highest BCUT2D eigenvalue weighted by atomic mass is 79.9. The van der Waals surface area contributed by atoms with Gasteiger partial charge in [0.15, 0.2) is 12.4 Å². The van der Waals surface area contributed by atoms with E-state index in [-0.39, 0.29) is 17.0 Å².